The van der Waals surface area contributed by atoms with Crippen LogP contribution in [0.2, 0.25) is 0 Å². The third kappa shape index (κ3) is 34.2. The van der Waals surface area contributed by atoms with Gasteiger partial charge in [-0.05, 0) is 55.7 Å². The predicted molar refractivity (Wildman–Crippen MR) is 291 cm³/mol. The number of carbonyl (C=O) groups is 1. The number of nitrogens with zero attached hydrogens (tertiary/aromatic N) is 2. The van der Waals surface area contributed by atoms with Crippen molar-refractivity contribution < 1.29 is 24.1 Å². The lowest BCUT2D eigenvalue weighted by atomic mass is 10.0. The summed E-state index contributed by atoms with van der Waals surface area (Å²) in [5.74, 6) is 0.978. The van der Waals surface area contributed by atoms with Gasteiger partial charge < -0.3 is 19.3 Å². The van der Waals surface area contributed by atoms with Gasteiger partial charge >= 0.3 is 5.97 Å². The summed E-state index contributed by atoms with van der Waals surface area (Å²) in [7, 11) is 0. The number of carboxylic acids is 1. The van der Waals surface area contributed by atoms with E-state index in [1.807, 2.05) is 12.1 Å². The first kappa shape index (κ1) is 61.0. The Morgan fingerprint density at radius 1 is 0.353 bits per heavy atom. The van der Waals surface area contributed by atoms with Gasteiger partial charge in [0, 0.05) is 0 Å². The summed E-state index contributed by atoms with van der Waals surface area (Å²) < 4.78 is 19.8. The van der Waals surface area contributed by atoms with E-state index in [2.05, 4.69) is 31.0 Å². The minimum atomic E-state index is -0.960. The monoisotopic (exact) mass is 947 g/mol. The Hall–Kier alpha value is -3.09. The van der Waals surface area contributed by atoms with Gasteiger partial charge in [-0.2, -0.15) is 5.11 Å². The maximum absolute atomic E-state index is 11.5. The minimum absolute atomic E-state index is 0.223. The average molecular weight is 948 g/mol. The van der Waals surface area contributed by atoms with Crippen LogP contribution in [0, 0.1) is 0 Å². The van der Waals surface area contributed by atoms with Crippen LogP contribution in [0.15, 0.2) is 46.6 Å². The topological polar surface area (TPSA) is 89.7 Å². The first-order valence-corrected chi connectivity index (χ1v) is 29.4. The van der Waals surface area contributed by atoms with Crippen LogP contribution in [-0.2, 0) is 0 Å². The maximum atomic E-state index is 11.5. The van der Waals surface area contributed by atoms with Gasteiger partial charge in [0.15, 0.2) is 11.5 Å². The highest BCUT2D eigenvalue weighted by molar-refractivity contribution is 5.87. The Balaban J connectivity index is 1.97. The molecule has 7 heteroatoms. The van der Waals surface area contributed by atoms with Crippen molar-refractivity contribution in [2.24, 2.45) is 10.2 Å². The minimum Gasteiger partial charge on any atom is -0.490 e. The van der Waals surface area contributed by atoms with Crippen molar-refractivity contribution in [3.63, 3.8) is 0 Å². The molecule has 0 fully saturated rings. The van der Waals surface area contributed by atoms with Crippen molar-refractivity contribution in [2.45, 2.75) is 290 Å². The maximum Gasteiger partial charge on any atom is 0.335 e. The molecule has 2 aromatic carbocycles. The van der Waals surface area contributed by atoms with E-state index in [9.17, 15) is 9.90 Å². The lowest BCUT2D eigenvalue weighted by Crippen LogP contribution is -2.06. The summed E-state index contributed by atoms with van der Waals surface area (Å²) >= 11 is 0. The molecule has 2 aromatic rings. The molecule has 0 unspecified atom stereocenters. The standard InChI is InChI=1S/C61H106N2O5/c1-4-7-10-13-16-19-22-25-28-31-34-37-40-43-52-66-58-51-50-57(63-62-56-48-46-55(47-49-56)61(64)65)59(67-53-44-41-38-35-32-29-26-23-20-17-14-11-8-5-2)60(58)68-54-45-42-39-36-33-30-27-24-21-18-15-12-9-6-3/h46-51H,4-45,52-54H2,1-3H3,(H,64,65). The molecule has 0 saturated carbocycles. The van der Waals surface area contributed by atoms with E-state index in [1.54, 1.807) is 24.3 Å². The van der Waals surface area contributed by atoms with Crippen molar-refractivity contribution in [3.05, 3.63) is 42.0 Å². The van der Waals surface area contributed by atoms with Crippen molar-refractivity contribution >= 4 is 17.3 Å². The molecule has 7 nitrogen and oxygen atoms in total. The number of ether oxygens (including phenoxy) is 3. The molecule has 0 saturated heterocycles. The Morgan fingerprint density at radius 2 is 0.647 bits per heavy atom. The normalized spacial score (nSPS) is 11.5. The third-order valence-corrected chi connectivity index (χ3v) is 13.7. The first-order chi connectivity index (χ1) is 33.6. The number of hydrogen-bond donors (Lipinski definition) is 1. The van der Waals surface area contributed by atoms with Gasteiger partial charge in [-0.3, -0.25) is 0 Å². The van der Waals surface area contributed by atoms with Crippen LogP contribution in [-0.4, -0.2) is 30.9 Å². The molecule has 0 aliphatic carbocycles. The zero-order chi connectivity index (χ0) is 48.6. The van der Waals surface area contributed by atoms with Crippen LogP contribution in [0.4, 0.5) is 11.4 Å². The second-order valence-electron chi connectivity index (χ2n) is 20.1. The van der Waals surface area contributed by atoms with E-state index in [-0.39, 0.29) is 5.56 Å². The van der Waals surface area contributed by atoms with Gasteiger partial charge in [0.25, 0.3) is 0 Å². The van der Waals surface area contributed by atoms with Crippen LogP contribution in [0.1, 0.15) is 301 Å². The summed E-state index contributed by atoms with van der Waals surface area (Å²) in [6.07, 6.45) is 55.4. The summed E-state index contributed by atoms with van der Waals surface area (Å²) in [5.41, 5.74) is 1.40. The van der Waals surface area contributed by atoms with E-state index in [4.69, 9.17) is 14.2 Å². The number of unbranched alkanes of at least 4 members (excludes halogenated alkanes) is 39. The van der Waals surface area contributed by atoms with Gasteiger partial charge in [0.1, 0.15) is 5.69 Å². The van der Waals surface area contributed by atoms with E-state index < -0.39 is 5.97 Å². The van der Waals surface area contributed by atoms with Crippen molar-refractivity contribution in [3.8, 4) is 17.2 Å². The molecule has 390 valence electrons. The molecule has 0 aliphatic rings. The molecule has 0 spiro atoms. The van der Waals surface area contributed by atoms with Gasteiger partial charge in [-0.15, -0.1) is 5.11 Å². The molecule has 0 amide bonds. The lowest BCUT2D eigenvalue weighted by molar-refractivity contribution is 0.0697. The van der Waals surface area contributed by atoms with Crippen LogP contribution >= 0.6 is 0 Å². The van der Waals surface area contributed by atoms with Crippen LogP contribution in [0.25, 0.3) is 0 Å². The van der Waals surface area contributed by atoms with Gasteiger partial charge in [-0.25, -0.2) is 4.79 Å². The highest BCUT2D eigenvalue weighted by atomic mass is 16.5. The largest absolute Gasteiger partial charge is 0.490 e. The summed E-state index contributed by atoms with van der Waals surface area (Å²) in [5, 5.41) is 18.6. The van der Waals surface area contributed by atoms with Gasteiger partial charge in [-0.1, -0.05) is 271 Å². The number of carboxylic acid groups (broad SMARTS) is 1. The summed E-state index contributed by atoms with van der Waals surface area (Å²) in [6, 6.07) is 10.4. The fourth-order valence-corrected chi connectivity index (χ4v) is 9.21. The molecule has 1 N–H and O–H groups in total. The van der Waals surface area contributed by atoms with E-state index in [0.717, 1.165) is 32.1 Å². The smallest absolute Gasteiger partial charge is 0.335 e. The molecule has 0 bridgehead atoms. The molecule has 0 heterocycles. The number of azo groups is 1. The molecule has 2 rings (SSSR count). The Morgan fingerprint density at radius 3 is 0.971 bits per heavy atom. The van der Waals surface area contributed by atoms with Crippen LogP contribution < -0.4 is 14.2 Å². The van der Waals surface area contributed by atoms with Crippen molar-refractivity contribution in [2.75, 3.05) is 19.8 Å². The third-order valence-electron chi connectivity index (χ3n) is 13.7. The number of rotatable bonds is 51. The average Bonchev–Trinajstić information content (AvgIpc) is 3.35. The highest BCUT2D eigenvalue weighted by Crippen LogP contribution is 2.45. The quantitative estimate of drug-likeness (QED) is 0.0527. The van der Waals surface area contributed by atoms with Crippen LogP contribution in [0.3, 0.4) is 0 Å². The Kier molecular flexibility index (Phi) is 41.6. The fraction of sp³-hybridized carbons (Fsp3) is 0.787. The van der Waals surface area contributed by atoms with Crippen LogP contribution in [0.5, 0.6) is 17.2 Å². The number of aromatic carboxylic acids is 1. The fourth-order valence-electron chi connectivity index (χ4n) is 9.21. The highest BCUT2D eigenvalue weighted by Gasteiger charge is 2.19. The molecular formula is C61H106N2O5. The summed E-state index contributed by atoms with van der Waals surface area (Å²) in [6.45, 7) is 8.68. The Labute approximate surface area is 419 Å². The van der Waals surface area contributed by atoms with Gasteiger partial charge in [0.2, 0.25) is 5.75 Å². The molecular weight excluding hydrogens is 841 g/mol. The second-order valence-corrected chi connectivity index (χ2v) is 20.1. The van der Waals surface area contributed by atoms with Gasteiger partial charge in [0.05, 0.1) is 31.1 Å². The van der Waals surface area contributed by atoms with Crippen molar-refractivity contribution in [1.82, 2.24) is 0 Å². The number of hydrogen-bond acceptors (Lipinski definition) is 6. The Bertz CT molecular complexity index is 1440. The van der Waals surface area contributed by atoms with Crippen molar-refractivity contribution in [1.29, 1.82) is 0 Å². The molecule has 0 aromatic heterocycles. The first-order valence-electron chi connectivity index (χ1n) is 29.4. The molecule has 0 radical (unpaired) electrons. The lowest BCUT2D eigenvalue weighted by Gasteiger charge is -2.18. The van der Waals surface area contributed by atoms with E-state index >= 15 is 0 Å². The molecule has 0 aliphatic heterocycles. The second kappa shape index (κ2) is 46.3. The molecule has 68 heavy (non-hydrogen) atoms. The zero-order valence-corrected chi connectivity index (χ0v) is 44.8. The van der Waals surface area contributed by atoms with E-state index in [0.29, 0.717) is 48.4 Å². The predicted octanol–water partition coefficient (Wildman–Crippen LogP) is 21.4. The van der Waals surface area contributed by atoms with E-state index in [1.165, 1.54) is 238 Å². The summed E-state index contributed by atoms with van der Waals surface area (Å²) in [4.78, 5) is 11.5. The SMILES string of the molecule is CCCCCCCCCCCCCCCCOc1ccc(N=Nc2ccc(C(=O)O)cc2)c(OCCCCCCCCCCCCCCCC)c1OCCCCCCCCCCCCCCCC. The number of benzene rings is 2. The molecule has 0 atom stereocenters. The zero-order valence-electron chi connectivity index (χ0n) is 44.8.